The maximum atomic E-state index is 10.8. The third-order valence-corrected chi connectivity index (χ3v) is 5.26. The van der Waals surface area contributed by atoms with Crippen molar-refractivity contribution in [1.82, 2.24) is 5.32 Å². The SMILES string of the molecule is COCc1cc(OC)c(OC)cc1[C@@H]1[C@H](O)CC=C2[C@@H](O)[C@@H](OC)N[C@H]21. The van der Waals surface area contributed by atoms with Crippen molar-refractivity contribution < 1.29 is 29.2 Å². The second-order valence-corrected chi connectivity index (χ2v) is 6.62. The molecule has 7 heteroatoms. The molecule has 1 aromatic rings. The van der Waals surface area contributed by atoms with Crippen molar-refractivity contribution in [3.8, 4) is 11.5 Å². The number of aliphatic hydroxyl groups is 2. The summed E-state index contributed by atoms with van der Waals surface area (Å²) >= 11 is 0. The number of hydrogen-bond donors (Lipinski definition) is 3. The number of ether oxygens (including phenoxy) is 4. The van der Waals surface area contributed by atoms with E-state index in [1.807, 2.05) is 18.2 Å². The Balaban J connectivity index is 2.07. The minimum Gasteiger partial charge on any atom is -0.493 e. The highest BCUT2D eigenvalue weighted by molar-refractivity contribution is 5.51. The summed E-state index contributed by atoms with van der Waals surface area (Å²) in [5.41, 5.74) is 2.67. The van der Waals surface area contributed by atoms with Crippen LogP contribution in [0.5, 0.6) is 11.5 Å². The van der Waals surface area contributed by atoms with Crippen molar-refractivity contribution in [2.75, 3.05) is 28.4 Å². The summed E-state index contributed by atoms with van der Waals surface area (Å²) in [6.45, 7) is 0.376. The molecule has 3 rings (SSSR count). The quantitative estimate of drug-likeness (QED) is 0.646. The molecule has 0 amide bonds. The van der Waals surface area contributed by atoms with E-state index >= 15 is 0 Å². The Morgan fingerprint density at radius 1 is 1.08 bits per heavy atom. The number of methoxy groups -OCH3 is 4. The maximum Gasteiger partial charge on any atom is 0.161 e. The second kappa shape index (κ2) is 7.94. The molecule has 1 fully saturated rings. The summed E-state index contributed by atoms with van der Waals surface area (Å²) in [6, 6.07) is 3.53. The van der Waals surface area contributed by atoms with Gasteiger partial charge in [-0.1, -0.05) is 6.08 Å². The van der Waals surface area contributed by atoms with E-state index in [4.69, 9.17) is 18.9 Å². The molecule has 1 aromatic carbocycles. The van der Waals surface area contributed by atoms with Crippen molar-refractivity contribution in [3.63, 3.8) is 0 Å². The molecular weight excluding hydrogens is 338 g/mol. The van der Waals surface area contributed by atoms with Gasteiger partial charge in [0, 0.05) is 26.2 Å². The standard InChI is InChI=1S/C19H27NO6/c1-23-9-10-7-14(24-2)15(25-3)8-12(10)16-13(21)6-5-11-17(16)20-19(26-4)18(11)22/h5,7-8,13,16-22H,6,9H2,1-4H3/t13-,16-,17-,18-,19-/m1/s1. The summed E-state index contributed by atoms with van der Waals surface area (Å²) in [5, 5.41) is 24.6. The molecule has 5 atom stereocenters. The van der Waals surface area contributed by atoms with Gasteiger partial charge in [0.1, 0.15) is 12.3 Å². The van der Waals surface area contributed by atoms with Gasteiger partial charge < -0.3 is 29.2 Å². The Kier molecular flexibility index (Phi) is 5.84. The number of fused-ring (bicyclic) bond motifs is 1. The van der Waals surface area contributed by atoms with Crippen LogP contribution in [0.15, 0.2) is 23.8 Å². The van der Waals surface area contributed by atoms with Crippen LogP contribution >= 0.6 is 0 Å². The van der Waals surface area contributed by atoms with E-state index < -0.39 is 18.4 Å². The van der Waals surface area contributed by atoms with Gasteiger partial charge >= 0.3 is 0 Å². The van der Waals surface area contributed by atoms with Gasteiger partial charge in [0.2, 0.25) is 0 Å². The van der Waals surface area contributed by atoms with Crippen molar-refractivity contribution >= 4 is 0 Å². The summed E-state index contributed by atoms with van der Waals surface area (Å²) in [7, 11) is 6.35. The normalized spacial score (nSPS) is 30.7. The van der Waals surface area contributed by atoms with Crippen LogP contribution in [0.2, 0.25) is 0 Å². The molecular formula is C19H27NO6. The van der Waals surface area contributed by atoms with E-state index in [0.717, 1.165) is 16.7 Å². The van der Waals surface area contributed by atoms with Crippen molar-refractivity contribution in [3.05, 3.63) is 34.9 Å². The number of nitrogens with one attached hydrogen (secondary N) is 1. The zero-order chi connectivity index (χ0) is 18.8. The molecule has 0 radical (unpaired) electrons. The monoisotopic (exact) mass is 365 g/mol. The predicted molar refractivity (Wildman–Crippen MR) is 95.4 cm³/mol. The Hall–Kier alpha value is -1.64. The highest BCUT2D eigenvalue weighted by atomic mass is 16.5. The van der Waals surface area contributed by atoms with Crippen LogP contribution in [0.4, 0.5) is 0 Å². The van der Waals surface area contributed by atoms with Gasteiger partial charge in [0.25, 0.3) is 0 Å². The van der Waals surface area contributed by atoms with Gasteiger partial charge in [-0.3, -0.25) is 5.32 Å². The van der Waals surface area contributed by atoms with Crippen LogP contribution in [0, 0.1) is 0 Å². The van der Waals surface area contributed by atoms with Crippen LogP contribution in [0.25, 0.3) is 0 Å². The average Bonchev–Trinajstić information content (AvgIpc) is 2.97. The third-order valence-electron chi connectivity index (χ3n) is 5.26. The van der Waals surface area contributed by atoms with Crippen LogP contribution in [-0.4, -0.2) is 63.1 Å². The molecule has 1 heterocycles. The zero-order valence-corrected chi connectivity index (χ0v) is 15.6. The number of aliphatic hydroxyl groups excluding tert-OH is 2. The average molecular weight is 365 g/mol. The third kappa shape index (κ3) is 3.21. The fraction of sp³-hybridized carbons (Fsp3) is 0.579. The van der Waals surface area contributed by atoms with Gasteiger partial charge in [0.05, 0.1) is 26.9 Å². The highest BCUT2D eigenvalue weighted by Crippen LogP contribution is 2.43. The van der Waals surface area contributed by atoms with E-state index in [9.17, 15) is 10.2 Å². The van der Waals surface area contributed by atoms with Crippen molar-refractivity contribution in [2.24, 2.45) is 0 Å². The van der Waals surface area contributed by atoms with Crippen LogP contribution in [0.1, 0.15) is 23.5 Å². The van der Waals surface area contributed by atoms with Gasteiger partial charge in [0.15, 0.2) is 11.5 Å². The van der Waals surface area contributed by atoms with Gasteiger partial charge in [-0.2, -0.15) is 0 Å². The first-order valence-corrected chi connectivity index (χ1v) is 8.64. The fourth-order valence-electron chi connectivity index (χ4n) is 4.02. The predicted octanol–water partition coefficient (Wildman–Crippen LogP) is 0.930. The van der Waals surface area contributed by atoms with E-state index in [1.165, 1.54) is 0 Å². The molecule has 1 aliphatic carbocycles. The smallest absolute Gasteiger partial charge is 0.161 e. The summed E-state index contributed by atoms with van der Waals surface area (Å²) in [6.07, 6.45) is 0.537. The summed E-state index contributed by atoms with van der Waals surface area (Å²) < 4.78 is 21.6. The van der Waals surface area contributed by atoms with Crippen LogP contribution in [0.3, 0.4) is 0 Å². The molecule has 26 heavy (non-hydrogen) atoms. The second-order valence-electron chi connectivity index (χ2n) is 6.62. The largest absolute Gasteiger partial charge is 0.493 e. The number of hydrogen-bond acceptors (Lipinski definition) is 7. The molecule has 0 unspecified atom stereocenters. The molecule has 0 saturated carbocycles. The Morgan fingerprint density at radius 2 is 1.77 bits per heavy atom. The van der Waals surface area contributed by atoms with E-state index in [2.05, 4.69) is 5.32 Å². The van der Waals surface area contributed by atoms with Crippen molar-refractivity contribution in [1.29, 1.82) is 0 Å². The van der Waals surface area contributed by atoms with Crippen LogP contribution < -0.4 is 14.8 Å². The van der Waals surface area contributed by atoms with Crippen LogP contribution in [-0.2, 0) is 16.1 Å². The van der Waals surface area contributed by atoms with Gasteiger partial charge in [-0.05, 0) is 35.3 Å². The molecule has 7 nitrogen and oxygen atoms in total. The van der Waals surface area contributed by atoms with E-state index in [0.29, 0.717) is 24.5 Å². The number of rotatable bonds is 6. The van der Waals surface area contributed by atoms with E-state index in [-0.39, 0.29) is 12.0 Å². The number of benzene rings is 1. The molecule has 0 aromatic heterocycles. The minimum absolute atomic E-state index is 0.229. The molecule has 1 aliphatic heterocycles. The molecule has 1 saturated heterocycles. The Bertz CT molecular complexity index is 676. The molecule has 0 bridgehead atoms. The Labute approximate surface area is 153 Å². The van der Waals surface area contributed by atoms with Gasteiger partial charge in [-0.15, -0.1) is 0 Å². The van der Waals surface area contributed by atoms with E-state index in [1.54, 1.807) is 28.4 Å². The summed E-state index contributed by atoms with van der Waals surface area (Å²) in [5.74, 6) is 0.931. The first kappa shape index (κ1) is 19.1. The molecule has 3 N–H and O–H groups in total. The zero-order valence-electron chi connectivity index (χ0n) is 15.6. The lowest BCUT2D eigenvalue weighted by atomic mass is 9.76. The lowest BCUT2D eigenvalue weighted by molar-refractivity contribution is 0.00618. The first-order valence-electron chi connectivity index (χ1n) is 8.64. The molecule has 2 aliphatic rings. The lowest BCUT2D eigenvalue weighted by Crippen LogP contribution is -2.42. The fourth-order valence-corrected chi connectivity index (χ4v) is 4.02. The molecule has 144 valence electrons. The topological polar surface area (TPSA) is 89.4 Å². The Morgan fingerprint density at radius 3 is 2.38 bits per heavy atom. The highest BCUT2D eigenvalue weighted by Gasteiger charge is 2.46. The molecule has 0 spiro atoms. The first-order chi connectivity index (χ1) is 12.5. The maximum absolute atomic E-state index is 10.8. The lowest BCUT2D eigenvalue weighted by Gasteiger charge is -2.35. The minimum atomic E-state index is -0.731. The summed E-state index contributed by atoms with van der Waals surface area (Å²) in [4.78, 5) is 0. The van der Waals surface area contributed by atoms with Gasteiger partial charge in [-0.25, -0.2) is 0 Å². The van der Waals surface area contributed by atoms with Crippen molar-refractivity contribution in [2.45, 2.75) is 43.4 Å².